The Morgan fingerprint density at radius 2 is 2.10 bits per heavy atom. The SMILES string of the molecule is Cc1nc(Cl)sc1S(=O)(=O)Nc1ccccc1CC(N)=O. The van der Waals surface area contributed by atoms with Crippen LogP contribution in [-0.2, 0) is 21.2 Å². The molecule has 0 bridgehead atoms. The second-order valence-electron chi connectivity index (χ2n) is 4.25. The van der Waals surface area contributed by atoms with E-state index in [1.54, 1.807) is 31.2 Å². The number of nitrogens with zero attached hydrogens (tertiary/aromatic N) is 1. The van der Waals surface area contributed by atoms with Gasteiger partial charge in [-0.2, -0.15) is 0 Å². The van der Waals surface area contributed by atoms with Gasteiger partial charge in [-0.1, -0.05) is 41.1 Å². The highest BCUT2D eigenvalue weighted by atomic mass is 35.5. The van der Waals surface area contributed by atoms with Crippen molar-refractivity contribution in [2.24, 2.45) is 5.73 Å². The van der Waals surface area contributed by atoms with E-state index in [0.29, 0.717) is 16.9 Å². The third-order valence-corrected chi connectivity index (χ3v) is 5.84. The number of carbonyl (C=O) groups is 1. The predicted molar refractivity (Wildman–Crippen MR) is 82.0 cm³/mol. The van der Waals surface area contributed by atoms with Gasteiger partial charge in [-0.25, -0.2) is 13.4 Å². The van der Waals surface area contributed by atoms with Gasteiger partial charge in [0.15, 0.2) is 8.68 Å². The molecular formula is C12H12ClN3O3S2. The monoisotopic (exact) mass is 345 g/mol. The molecule has 21 heavy (non-hydrogen) atoms. The molecule has 1 heterocycles. The number of para-hydroxylation sites is 1. The maximum atomic E-state index is 12.4. The Balaban J connectivity index is 2.37. The maximum Gasteiger partial charge on any atom is 0.273 e. The van der Waals surface area contributed by atoms with Gasteiger partial charge < -0.3 is 5.73 Å². The first-order valence-electron chi connectivity index (χ1n) is 5.81. The fourth-order valence-corrected chi connectivity index (χ4v) is 4.59. The summed E-state index contributed by atoms with van der Waals surface area (Å²) in [6.45, 7) is 1.56. The summed E-state index contributed by atoms with van der Waals surface area (Å²) >= 11 is 6.60. The molecule has 2 rings (SSSR count). The molecule has 1 aromatic carbocycles. The number of primary amides is 1. The summed E-state index contributed by atoms with van der Waals surface area (Å²) in [5, 5.41) is 0. The molecule has 1 amide bonds. The van der Waals surface area contributed by atoms with Gasteiger partial charge in [0.25, 0.3) is 10.0 Å². The Labute approximate surface area is 131 Å². The number of aromatic nitrogens is 1. The first-order valence-corrected chi connectivity index (χ1v) is 8.49. The normalized spacial score (nSPS) is 11.3. The van der Waals surface area contributed by atoms with Crippen LogP contribution in [0.3, 0.4) is 0 Å². The van der Waals surface area contributed by atoms with Crippen LogP contribution in [0.1, 0.15) is 11.3 Å². The zero-order valence-corrected chi connectivity index (χ0v) is 13.3. The lowest BCUT2D eigenvalue weighted by molar-refractivity contribution is -0.117. The highest BCUT2D eigenvalue weighted by molar-refractivity contribution is 7.94. The number of aryl methyl sites for hydroxylation is 1. The Morgan fingerprint density at radius 1 is 1.43 bits per heavy atom. The van der Waals surface area contributed by atoms with Gasteiger partial charge >= 0.3 is 0 Å². The molecule has 0 spiro atoms. The minimum absolute atomic E-state index is 0.0429. The molecule has 0 unspecified atom stereocenters. The van der Waals surface area contributed by atoms with Crippen molar-refractivity contribution in [2.75, 3.05) is 4.72 Å². The fraction of sp³-hybridized carbons (Fsp3) is 0.167. The minimum atomic E-state index is -3.81. The number of hydrogen-bond donors (Lipinski definition) is 2. The molecule has 6 nitrogen and oxygen atoms in total. The van der Waals surface area contributed by atoms with Crippen LogP contribution in [0.5, 0.6) is 0 Å². The summed E-state index contributed by atoms with van der Waals surface area (Å²) in [6.07, 6.45) is -0.0544. The summed E-state index contributed by atoms with van der Waals surface area (Å²) in [5.74, 6) is -0.543. The van der Waals surface area contributed by atoms with E-state index in [2.05, 4.69) is 9.71 Å². The number of nitrogens with one attached hydrogen (secondary N) is 1. The van der Waals surface area contributed by atoms with E-state index < -0.39 is 15.9 Å². The smallest absolute Gasteiger partial charge is 0.273 e. The van der Waals surface area contributed by atoms with Gasteiger partial charge in [-0.15, -0.1) is 0 Å². The molecule has 3 N–H and O–H groups in total. The Kier molecular flexibility index (Phi) is 4.50. The minimum Gasteiger partial charge on any atom is -0.369 e. The first kappa shape index (κ1) is 15.7. The molecule has 0 aliphatic heterocycles. The van der Waals surface area contributed by atoms with Crippen LogP contribution in [0.2, 0.25) is 4.47 Å². The number of rotatable bonds is 5. The molecule has 9 heteroatoms. The predicted octanol–water partition coefficient (Wildman–Crippen LogP) is 1.93. The molecule has 0 aliphatic rings. The quantitative estimate of drug-likeness (QED) is 0.864. The topological polar surface area (TPSA) is 102 Å². The second kappa shape index (κ2) is 6.00. The van der Waals surface area contributed by atoms with Crippen LogP contribution in [0.15, 0.2) is 28.5 Å². The van der Waals surface area contributed by atoms with E-state index in [-0.39, 0.29) is 15.1 Å². The highest BCUT2D eigenvalue weighted by Gasteiger charge is 2.22. The zero-order valence-electron chi connectivity index (χ0n) is 11.0. The van der Waals surface area contributed by atoms with Crippen molar-refractivity contribution in [3.63, 3.8) is 0 Å². The molecular weight excluding hydrogens is 334 g/mol. The summed E-state index contributed by atoms with van der Waals surface area (Å²) in [5.41, 5.74) is 6.29. The van der Waals surface area contributed by atoms with Crippen LogP contribution in [0.25, 0.3) is 0 Å². The molecule has 2 aromatic rings. The van der Waals surface area contributed by atoms with Crippen LogP contribution in [0, 0.1) is 6.92 Å². The lowest BCUT2D eigenvalue weighted by Crippen LogP contribution is -2.18. The number of halogens is 1. The second-order valence-corrected chi connectivity index (χ2v) is 7.70. The lowest BCUT2D eigenvalue weighted by Gasteiger charge is -2.10. The van der Waals surface area contributed by atoms with Crippen LogP contribution >= 0.6 is 22.9 Å². The van der Waals surface area contributed by atoms with Crippen LogP contribution < -0.4 is 10.5 Å². The number of thiazole rings is 1. The molecule has 0 saturated carbocycles. The van der Waals surface area contributed by atoms with E-state index in [9.17, 15) is 13.2 Å². The van der Waals surface area contributed by atoms with E-state index in [1.807, 2.05) is 0 Å². The average molecular weight is 346 g/mol. The standard InChI is InChI=1S/C12H12ClN3O3S2/c1-7-11(20-12(13)15-7)21(18,19)16-9-5-3-2-4-8(9)6-10(14)17/h2-5,16H,6H2,1H3,(H2,14,17). The first-order chi connectivity index (χ1) is 9.79. The van der Waals surface area contributed by atoms with Crippen molar-refractivity contribution in [1.29, 1.82) is 0 Å². The number of nitrogens with two attached hydrogens (primary N) is 1. The summed E-state index contributed by atoms with van der Waals surface area (Å²) in [4.78, 5) is 14.9. The van der Waals surface area contributed by atoms with Crippen molar-refractivity contribution in [3.8, 4) is 0 Å². The molecule has 0 saturated heterocycles. The van der Waals surface area contributed by atoms with E-state index >= 15 is 0 Å². The fourth-order valence-electron chi connectivity index (χ4n) is 1.75. The highest BCUT2D eigenvalue weighted by Crippen LogP contribution is 2.29. The van der Waals surface area contributed by atoms with Gasteiger partial charge in [0.05, 0.1) is 17.8 Å². The van der Waals surface area contributed by atoms with Gasteiger partial charge in [-0.05, 0) is 18.6 Å². The van der Waals surface area contributed by atoms with E-state index in [1.165, 1.54) is 0 Å². The van der Waals surface area contributed by atoms with Crippen LogP contribution in [0.4, 0.5) is 5.69 Å². The van der Waals surface area contributed by atoms with E-state index in [0.717, 1.165) is 11.3 Å². The van der Waals surface area contributed by atoms with Crippen molar-refractivity contribution in [1.82, 2.24) is 4.98 Å². The third-order valence-electron chi connectivity index (χ3n) is 2.60. The number of anilines is 1. The summed E-state index contributed by atoms with van der Waals surface area (Å²) in [6, 6.07) is 6.56. The third kappa shape index (κ3) is 3.72. The van der Waals surface area contributed by atoms with Gasteiger partial charge in [0.2, 0.25) is 5.91 Å². The largest absolute Gasteiger partial charge is 0.369 e. The number of amides is 1. The Morgan fingerprint density at radius 3 is 2.67 bits per heavy atom. The molecule has 112 valence electrons. The lowest BCUT2D eigenvalue weighted by atomic mass is 10.1. The molecule has 1 aromatic heterocycles. The Bertz CT molecular complexity index is 787. The number of hydrogen-bond acceptors (Lipinski definition) is 5. The van der Waals surface area contributed by atoms with Gasteiger partial charge in [0.1, 0.15) is 0 Å². The van der Waals surface area contributed by atoms with Crippen LogP contribution in [-0.4, -0.2) is 19.3 Å². The molecule has 0 radical (unpaired) electrons. The number of benzene rings is 1. The maximum absolute atomic E-state index is 12.4. The number of carbonyl (C=O) groups excluding carboxylic acids is 1. The summed E-state index contributed by atoms with van der Waals surface area (Å²) in [7, 11) is -3.81. The van der Waals surface area contributed by atoms with Crippen molar-refractivity contribution >= 4 is 44.6 Å². The molecule has 0 aliphatic carbocycles. The summed E-state index contributed by atoms with van der Waals surface area (Å²) < 4.78 is 27.3. The van der Waals surface area contributed by atoms with Crippen molar-refractivity contribution < 1.29 is 13.2 Å². The Hall–Kier alpha value is -1.64. The zero-order chi connectivity index (χ0) is 15.6. The van der Waals surface area contributed by atoms with Crippen molar-refractivity contribution in [2.45, 2.75) is 17.6 Å². The molecule has 0 atom stereocenters. The van der Waals surface area contributed by atoms with Gasteiger partial charge in [0, 0.05) is 0 Å². The van der Waals surface area contributed by atoms with E-state index in [4.69, 9.17) is 17.3 Å². The average Bonchev–Trinajstić information content (AvgIpc) is 2.71. The number of sulfonamides is 1. The molecule has 0 fully saturated rings. The van der Waals surface area contributed by atoms with Crippen molar-refractivity contribution in [3.05, 3.63) is 40.0 Å². The van der Waals surface area contributed by atoms with Gasteiger partial charge in [-0.3, -0.25) is 9.52 Å².